The number of phenols is 1. The minimum absolute atomic E-state index is 0.0283. The first-order valence-corrected chi connectivity index (χ1v) is 6.55. The quantitative estimate of drug-likeness (QED) is 0.799. The third kappa shape index (κ3) is 3.03. The maximum absolute atomic E-state index is 12.8. The first-order valence-electron chi connectivity index (χ1n) is 6.18. The van der Waals surface area contributed by atoms with Crippen LogP contribution in [0.5, 0.6) is 5.75 Å². The molecule has 0 fully saturated rings. The third-order valence-corrected chi connectivity index (χ3v) is 3.17. The standard InChI is InChI=1S/C15H10ClFN2O2/c16-10-3-6-12(13(20)8-10)15-18-14(19-21-15)7-9-1-4-11(17)5-2-9/h1-6,8,20H,7H2. The molecule has 6 heteroatoms. The van der Waals surface area contributed by atoms with Crippen molar-refractivity contribution < 1.29 is 14.0 Å². The molecule has 0 saturated carbocycles. The van der Waals surface area contributed by atoms with E-state index in [4.69, 9.17) is 16.1 Å². The molecule has 0 spiro atoms. The van der Waals surface area contributed by atoms with Crippen LogP contribution < -0.4 is 0 Å². The Hall–Kier alpha value is -2.40. The summed E-state index contributed by atoms with van der Waals surface area (Å²) in [7, 11) is 0. The van der Waals surface area contributed by atoms with Crippen LogP contribution in [0.2, 0.25) is 5.02 Å². The minimum Gasteiger partial charge on any atom is -0.507 e. The lowest BCUT2D eigenvalue weighted by atomic mass is 10.1. The Morgan fingerprint density at radius 2 is 1.90 bits per heavy atom. The zero-order valence-corrected chi connectivity index (χ0v) is 11.5. The summed E-state index contributed by atoms with van der Waals surface area (Å²) >= 11 is 5.77. The summed E-state index contributed by atoms with van der Waals surface area (Å²) in [5.41, 5.74) is 1.28. The Bertz CT molecular complexity index is 772. The van der Waals surface area contributed by atoms with Gasteiger partial charge < -0.3 is 9.63 Å². The van der Waals surface area contributed by atoms with Gasteiger partial charge in [-0.3, -0.25) is 0 Å². The Morgan fingerprint density at radius 3 is 2.62 bits per heavy atom. The monoisotopic (exact) mass is 304 g/mol. The van der Waals surface area contributed by atoms with Crippen molar-refractivity contribution in [3.05, 3.63) is 64.7 Å². The highest BCUT2D eigenvalue weighted by atomic mass is 35.5. The van der Waals surface area contributed by atoms with Crippen LogP contribution >= 0.6 is 11.6 Å². The van der Waals surface area contributed by atoms with Gasteiger partial charge in [0.2, 0.25) is 0 Å². The van der Waals surface area contributed by atoms with Crippen LogP contribution in [0.25, 0.3) is 11.5 Å². The molecule has 1 heterocycles. The Balaban J connectivity index is 1.84. The first-order chi connectivity index (χ1) is 10.1. The fourth-order valence-corrected chi connectivity index (χ4v) is 2.07. The van der Waals surface area contributed by atoms with E-state index in [2.05, 4.69) is 10.1 Å². The number of aromatic nitrogens is 2. The summed E-state index contributed by atoms with van der Waals surface area (Å²) < 4.78 is 18.0. The van der Waals surface area contributed by atoms with Crippen LogP contribution in [0.3, 0.4) is 0 Å². The van der Waals surface area contributed by atoms with Gasteiger partial charge >= 0.3 is 0 Å². The maximum atomic E-state index is 12.8. The molecule has 0 atom stereocenters. The van der Waals surface area contributed by atoms with Crippen molar-refractivity contribution in [2.45, 2.75) is 6.42 Å². The van der Waals surface area contributed by atoms with Crippen molar-refractivity contribution in [2.24, 2.45) is 0 Å². The molecule has 3 aromatic rings. The zero-order chi connectivity index (χ0) is 14.8. The Kier molecular flexibility index (Phi) is 3.58. The number of aromatic hydroxyl groups is 1. The zero-order valence-electron chi connectivity index (χ0n) is 10.8. The Morgan fingerprint density at radius 1 is 1.14 bits per heavy atom. The predicted molar refractivity (Wildman–Crippen MR) is 75.6 cm³/mol. The molecule has 0 saturated heterocycles. The third-order valence-electron chi connectivity index (χ3n) is 2.93. The van der Waals surface area contributed by atoms with Gasteiger partial charge in [-0.05, 0) is 35.9 Å². The van der Waals surface area contributed by atoms with Gasteiger partial charge in [-0.15, -0.1) is 0 Å². The molecule has 106 valence electrons. The van der Waals surface area contributed by atoms with E-state index in [0.29, 0.717) is 22.8 Å². The molecule has 0 radical (unpaired) electrons. The fourth-order valence-electron chi connectivity index (χ4n) is 1.91. The van der Waals surface area contributed by atoms with Crippen LogP contribution in [0.4, 0.5) is 4.39 Å². The summed E-state index contributed by atoms with van der Waals surface area (Å²) in [4.78, 5) is 4.21. The van der Waals surface area contributed by atoms with Gasteiger partial charge in [-0.25, -0.2) is 4.39 Å². The summed E-state index contributed by atoms with van der Waals surface area (Å²) in [6, 6.07) is 10.7. The molecule has 21 heavy (non-hydrogen) atoms. The molecular formula is C15H10ClFN2O2. The van der Waals surface area contributed by atoms with E-state index in [0.717, 1.165) is 5.56 Å². The van der Waals surface area contributed by atoms with Crippen LogP contribution in [0.1, 0.15) is 11.4 Å². The second-order valence-corrected chi connectivity index (χ2v) is 4.92. The average Bonchev–Trinajstić information content (AvgIpc) is 2.90. The van der Waals surface area contributed by atoms with Crippen molar-refractivity contribution in [1.82, 2.24) is 10.1 Å². The smallest absolute Gasteiger partial charge is 0.261 e. The molecular weight excluding hydrogens is 295 g/mol. The number of halogens is 2. The maximum Gasteiger partial charge on any atom is 0.261 e. The van der Waals surface area contributed by atoms with Crippen molar-refractivity contribution in [3.8, 4) is 17.2 Å². The highest BCUT2D eigenvalue weighted by Crippen LogP contribution is 2.30. The molecule has 0 unspecified atom stereocenters. The Labute approximate surface area is 124 Å². The van der Waals surface area contributed by atoms with Gasteiger partial charge in [-0.2, -0.15) is 4.98 Å². The minimum atomic E-state index is -0.293. The lowest BCUT2D eigenvalue weighted by Gasteiger charge is -1.99. The van der Waals surface area contributed by atoms with E-state index in [9.17, 15) is 9.50 Å². The summed E-state index contributed by atoms with van der Waals surface area (Å²) in [6.07, 6.45) is 0.415. The molecule has 0 bridgehead atoms. The van der Waals surface area contributed by atoms with E-state index in [1.54, 1.807) is 24.3 Å². The predicted octanol–water partition coefficient (Wildman–Crippen LogP) is 3.83. The second kappa shape index (κ2) is 5.54. The van der Waals surface area contributed by atoms with E-state index in [-0.39, 0.29) is 17.5 Å². The largest absolute Gasteiger partial charge is 0.507 e. The molecule has 1 N–H and O–H groups in total. The van der Waals surface area contributed by atoms with Gasteiger partial charge in [0.15, 0.2) is 5.82 Å². The highest BCUT2D eigenvalue weighted by molar-refractivity contribution is 6.30. The van der Waals surface area contributed by atoms with Crippen molar-refractivity contribution in [3.63, 3.8) is 0 Å². The average molecular weight is 305 g/mol. The van der Waals surface area contributed by atoms with Crippen molar-refractivity contribution in [2.75, 3.05) is 0 Å². The molecule has 1 aromatic heterocycles. The molecule has 3 rings (SSSR count). The van der Waals surface area contributed by atoms with Gasteiger partial charge in [0.1, 0.15) is 11.6 Å². The highest BCUT2D eigenvalue weighted by Gasteiger charge is 2.13. The SMILES string of the molecule is Oc1cc(Cl)ccc1-c1nc(Cc2ccc(F)cc2)no1. The second-order valence-electron chi connectivity index (χ2n) is 4.48. The summed E-state index contributed by atoms with van der Waals surface area (Å²) in [5, 5.41) is 14.1. The lowest BCUT2D eigenvalue weighted by molar-refractivity contribution is 0.418. The van der Waals surface area contributed by atoms with Crippen LogP contribution in [-0.4, -0.2) is 15.2 Å². The van der Waals surface area contributed by atoms with Crippen molar-refractivity contribution in [1.29, 1.82) is 0 Å². The number of benzene rings is 2. The molecule has 0 amide bonds. The van der Waals surface area contributed by atoms with Gasteiger partial charge in [0.25, 0.3) is 5.89 Å². The van der Waals surface area contributed by atoms with E-state index in [1.165, 1.54) is 18.2 Å². The molecule has 0 aliphatic rings. The summed E-state index contributed by atoms with van der Waals surface area (Å²) in [6.45, 7) is 0. The van der Waals surface area contributed by atoms with Gasteiger partial charge in [0, 0.05) is 11.4 Å². The van der Waals surface area contributed by atoms with E-state index in [1.807, 2.05) is 0 Å². The number of hydrogen-bond acceptors (Lipinski definition) is 4. The van der Waals surface area contributed by atoms with E-state index < -0.39 is 0 Å². The molecule has 0 aliphatic heterocycles. The van der Waals surface area contributed by atoms with Gasteiger partial charge in [-0.1, -0.05) is 28.9 Å². The molecule has 0 aliphatic carbocycles. The van der Waals surface area contributed by atoms with Crippen LogP contribution in [-0.2, 0) is 6.42 Å². The number of nitrogens with zero attached hydrogens (tertiary/aromatic N) is 2. The van der Waals surface area contributed by atoms with E-state index >= 15 is 0 Å². The number of phenolic OH excluding ortho intramolecular Hbond substituents is 1. The normalized spacial score (nSPS) is 10.8. The number of rotatable bonds is 3. The summed E-state index contributed by atoms with van der Waals surface area (Å²) in [5.74, 6) is 0.338. The lowest BCUT2D eigenvalue weighted by Crippen LogP contribution is -1.91. The van der Waals surface area contributed by atoms with Gasteiger partial charge in [0.05, 0.1) is 5.56 Å². The molecule has 2 aromatic carbocycles. The topological polar surface area (TPSA) is 59.2 Å². The number of hydrogen-bond donors (Lipinski definition) is 1. The van der Waals surface area contributed by atoms with Crippen LogP contribution in [0.15, 0.2) is 47.0 Å². The van der Waals surface area contributed by atoms with Crippen LogP contribution in [0, 0.1) is 5.82 Å². The first kappa shape index (κ1) is 13.6. The fraction of sp³-hybridized carbons (Fsp3) is 0.0667. The molecule has 4 nitrogen and oxygen atoms in total. The van der Waals surface area contributed by atoms with Crippen molar-refractivity contribution >= 4 is 11.6 Å².